The number of Topliss-reactive ketones (excluding diaryl/α,β-unsaturated/α-hetero) is 1. The van der Waals surface area contributed by atoms with Gasteiger partial charge in [0.15, 0.2) is 23.4 Å². The van der Waals surface area contributed by atoms with Crippen molar-refractivity contribution in [1.29, 1.82) is 0 Å². The van der Waals surface area contributed by atoms with Gasteiger partial charge in [-0.15, -0.1) is 0 Å². The molecular formula is C22H24N4O4. The number of ketones is 1. The summed E-state index contributed by atoms with van der Waals surface area (Å²) < 4.78 is 20.4. The Morgan fingerprint density at radius 3 is 2.63 bits per heavy atom. The molecule has 2 aromatic heterocycles. The van der Waals surface area contributed by atoms with Crippen molar-refractivity contribution in [3.05, 3.63) is 54.2 Å². The minimum absolute atomic E-state index is 0.0114. The quantitative estimate of drug-likeness (QED) is 0.600. The molecule has 2 aliphatic rings. The standard InChI is InChI=1S/C22H24N4O4/c1-4-16-18-19(30-22(2,3)29-18)21(28-16)26-12-25-17-14(23-11-24-20(17)26)10-15(27)13-8-6-5-7-9-13/h5-9,11-12,16,18-19,21H,4,10H2,1-3H3/t16-,18-,19-,21-/m1/s1. The number of benzene rings is 1. The first-order valence-electron chi connectivity index (χ1n) is 10.2. The van der Waals surface area contributed by atoms with Gasteiger partial charge in [0.1, 0.15) is 24.1 Å². The van der Waals surface area contributed by atoms with Gasteiger partial charge in [0.2, 0.25) is 0 Å². The third kappa shape index (κ3) is 3.21. The third-order valence-corrected chi connectivity index (χ3v) is 5.66. The molecule has 8 heteroatoms. The molecule has 0 aliphatic carbocycles. The topological polar surface area (TPSA) is 88.4 Å². The fourth-order valence-electron chi connectivity index (χ4n) is 4.31. The lowest BCUT2D eigenvalue weighted by molar-refractivity contribution is -0.196. The molecule has 2 saturated heterocycles. The van der Waals surface area contributed by atoms with Crippen LogP contribution in [-0.2, 0) is 20.6 Å². The zero-order valence-electron chi connectivity index (χ0n) is 17.2. The average Bonchev–Trinajstić information content (AvgIpc) is 3.39. The minimum atomic E-state index is -0.663. The number of aromatic nitrogens is 4. The van der Waals surface area contributed by atoms with E-state index in [-0.39, 0.29) is 30.5 Å². The van der Waals surface area contributed by atoms with Gasteiger partial charge >= 0.3 is 0 Å². The molecule has 5 rings (SSSR count). The Morgan fingerprint density at radius 1 is 1.10 bits per heavy atom. The summed E-state index contributed by atoms with van der Waals surface area (Å²) in [6.45, 7) is 5.90. The molecule has 4 atom stereocenters. The van der Waals surface area contributed by atoms with E-state index >= 15 is 0 Å². The minimum Gasteiger partial charge on any atom is -0.349 e. The molecule has 0 radical (unpaired) electrons. The van der Waals surface area contributed by atoms with E-state index in [2.05, 4.69) is 21.9 Å². The Balaban J connectivity index is 1.47. The molecule has 0 unspecified atom stereocenters. The van der Waals surface area contributed by atoms with Crippen LogP contribution in [0.4, 0.5) is 0 Å². The predicted octanol–water partition coefficient (Wildman–Crippen LogP) is 3.08. The average molecular weight is 408 g/mol. The van der Waals surface area contributed by atoms with E-state index in [1.807, 2.05) is 36.6 Å². The SMILES string of the molecule is CC[C@H]1O[C@@H](n2cnc3c(CC(=O)c4ccccc4)ncnc32)[C@@H]2OC(C)(C)O[C@@H]21. The fourth-order valence-corrected chi connectivity index (χ4v) is 4.31. The second kappa shape index (κ2) is 7.23. The maximum atomic E-state index is 12.7. The maximum absolute atomic E-state index is 12.7. The predicted molar refractivity (Wildman–Crippen MR) is 108 cm³/mol. The van der Waals surface area contributed by atoms with Crippen molar-refractivity contribution < 1.29 is 19.0 Å². The van der Waals surface area contributed by atoms with E-state index in [1.165, 1.54) is 6.33 Å². The number of ether oxygens (including phenoxy) is 3. The van der Waals surface area contributed by atoms with Crippen LogP contribution in [0.3, 0.4) is 0 Å². The molecule has 0 bridgehead atoms. The molecule has 1 aromatic carbocycles. The van der Waals surface area contributed by atoms with Crippen molar-refractivity contribution in [2.45, 2.75) is 63.9 Å². The van der Waals surface area contributed by atoms with Gasteiger partial charge in [-0.25, -0.2) is 15.0 Å². The molecule has 4 heterocycles. The Morgan fingerprint density at radius 2 is 1.87 bits per heavy atom. The summed E-state index contributed by atoms with van der Waals surface area (Å²) in [5.74, 6) is -0.675. The Bertz CT molecular complexity index is 1080. The number of fused-ring (bicyclic) bond motifs is 2. The highest BCUT2D eigenvalue weighted by atomic mass is 16.8. The monoisotopic (exact) mass is 408 g/mol. The molecule has 2 fully saturated rings. The molecule has 8 nitrogen and oxygen atoms in total. The van der Waals surface area contributed by atoms with Crippen molar-refractivity contribution in [3.63, 3.8) is 0 Å². The van der Waals surface area contributed by atoms with Gasteiger partial charge in [0.05, 0.1) is 24.5 Å². The van der Waals surface area contributed by atoms with E-state index in [4.69, 9.17) is 14.2 Å². The highest BCUT2D eigenvalue weighted by Gasteiger charge is 2.55. The largest absolute Gasteiger partial charge is 0.349 e. The van der Waals surface area contributed by atoms with Gasteiger partial charge in [-0.3, -0.25) is 9.36 Å². The maximum Gasteiger partial charge on any atom is 0.168 e. The van der Waals surface area contributed by atoms with Crippen LogP contribution in [0.1, 0.15) is 49.5 Å². The molecular weight excluding hydrogens is 384 g/mol. The van der Waals surface area contributed by atoms with E-state index in [9.17, 15) is 4.79 Å². The highest BCUT2D eigenvalue weighted by molar-refractivity contribution is 5.98. The molecule has 30 heavy (non-hydrogen) atoms. The summed E-state index contributed by atoms with van der Waals surface area (Å²) in [5, 5.41) is 0. The summed E-state index contributed by atoms with van der Waals surface area (Å²) in [6.07, 6.45) is 3.25. The van der Waals surface area contributed by atoms with Crippen LogP contribution in [0, 0.1) is 0 Å². The van der Waals surface area contributed by atoms with Crippen LogP contribution in [0.5, 0.6) is 0 Å². The number of hydrogen-bond donors (Lipinski definition) is 0. The van der Waals surface area contributed by atoms with Crippen LogP contribution < -0.4 is 0 Å². The molecule has 0 spiro atoms. The van der Waals surface area contributed by atoms with Gasteiger partial charge in [-0.1, -0.05) is 37.3 Å². The zero-order valence-corrected chi connectivity index (χ0v) is 17.2. The highest BCUT2D eigenvalue weighted by Crippen LogP contribution is 2.44. The Hall–Kier alpha value is -2.68. The second-order valence-electron chi connectivity index (χ2n) is 8.15. The number of nitrogens with zero attached hydrogens (tertiary/aromatic N) is 4. The lowest BCUT2D eigenvalue weighted by Gasteiger charge is -2.24. The summed E-state index contributed by atoms with van der Waals surface area (Å²) in [4.78, 5) is 25.9. The molecule has 0 amide bonds. The number of rotatable bonds is 5. The van der Waals surface area contributed by atoms with E-state index in [0.29, 0.717) is 22.4 Å². The Kier molecular flexibility index (Phi) is 4.65. The number of imidazole rings is 1. The fraction of sp³-hybridized carbons (Fsp3) is 0.455. The van der Waals surface area contributed by atoms with Crippen molar-refractivity contribution in [3.8, 4) is 0 Å². The van der Waals surface area contributed by atoms with Gasteiger partial charge in [-0.2, -0.15) is 0 Å². The van der Waals surface area contributed by atoms with E-state index in [1.54, 1.807) is 18.5 Å². The van der Waals surface area contributed by atoms with E-state index in [0.717, 1.165) is 6.42 Å². The normalized spacial score (nSPS) is 27.4. The summed E-state index contributed by atoms with van der Waals surface area (Å²) in [5.41, 5.74) is 2.46. The van der Waals surface area contributed by atoms with Crippen molar-refractivity contribution in [2.75, 3.05) is 0 Å². The Labute approximate surface area is 174 Å². The zero-order chi connectivity index (χ0) is 20.9. The number of hydrogen-bond acceptors (Lipinski definition) is 7. The van der Waals surface area contributed by atoms with Crippen molar-refractivity contribution in [2.24, 2.45) is 0 Å². The van der Waals surface area contributed by atoms with Gasteiger partial charge in [0, 0.05) is 5.56 Å². The molecule has 0 saturated carbocycles. The van der Waals surface area contributed by atoms with Crippen LogP contribution in [0.2, 0.25) is 0 Å². The van der Waals surface area contributed by atoms with Crippen LogP contribution in [0.25, 0.3) is 11.2 Å². The van der Waals surface area contributed by atoms with Gasteiger partial charge in [-0.05, 0) is 20.3 Å². The first-order valence-corrected chi connectivity index (χ1v) is 10.2. The van der Waals surface area contributed by atoms with Gasteiger partial charge < -0.3 is 14.2 Å². The summed E-state index contributed by atoms with van der Waals surface area (Å²) in [7, 11) is 0. The molecule has 3 aromatic rings. The first kappa shape index (κ1) is 19.3. The van der Waals surface area contributed by atoms with Crippen LogP contribution in [-0.4, -0.2) is 49.4 Å². The first-order chi connectivity index (χ1) is 14.5. The summed E-state index contributed by atoms with van der Waals surface area (Å²) in [6, 6.07) is 9.18. The van der Waals surface area contributed by atoms with Crippen molar-refractivity contribution in [1.82, 2.24) is 19.5 Å². The van der Waals surface area contributed by atoms with Crippen molar-refractivity contribution >= 4 is 16.9 Å². The molecule has 0 N–H and O–H groups in total. The van der Waals surface area contributed by atoms with E-state index < -0.39 is 12.0 Å². The van der Waals surface area contributed by atoms with Crippen LogP contribution >= 0.6 is 0 Å². The molecule has 2 aliphatic heterocycles. The smallest absolute Gasteiger partial charge is 0.168 e. The third-order valence-electron chi connectivity index (χ3n) is 5.66. The summed E-state index contributed by atoms with van der Waals surface area (Å²) >= 11 is 0. The lowest BCUT2D eigenvalue weighted by atomic mass is 10.1. The lowest BCUT2D eigenvalue weighted by Crippen LogP contribution is -2.28. The second-order valence-corrected chi connectivity index (χ2v) is 8.15. The molecule has 156 valence electrons. The number of carbonyl (C=O) groups is 1. The van der Waals surface area contributed by atoms with Crippen LogP contribution in [0.15, 0.2) is 43.0 Å². The number of carbonyl (C=O) groups excluding carboxylic acids is 1. The van der Waals surface area contributed by atoms with Gasteiger partial charge in [0.25, 0.3) is 0 Å².